The average Bonchev–Trinajstić information content (AvgIpc) is 3.45. The molecule has 0 aliphatic heterocycles. The number of aromatic nitrogens is 4. The second-order valence-corrected chi connectivity index (χ2v) is 7.65. The highest BCUT2D eigenvalue weighted by Crippen LogP contribution is 2.25. The molecule has 31 heavy (non-hydrogen) atoms. The smallest absolute Gasteiger partial charge is 0.236 e. The van der Waals surface area contributed by atoms with E-state index in [-0.39, 0.29) is 11.7 Å². The second kappa shape index (κ2) is 9.99. The van der Waals surface area contributed by atoms with Crippen LogP contribution in [-0.4, -0.2) is 37.6 Å². The fraction of sp³-hybridized carbons (Fsp3) is 0.174. The summed E-state index contributed by atoms with van der Waals surface area (Å²) in [6.45, 7) is 3.06. The van der Waals surface area contributed by atoms with Gasteiger partial charge in [0.25, 0.3) is 0 Å². The lowest BCUT2D eigenvalue weighted by molar-refractivity contribution is -0.113. The number of amides is 1. The molecule has 0 bridgehead atoms. The standard InChI is InChI=1S/C23H23N5O2S/c1-2-30-20-13-7-6-12-19(20)24-21(29)17-31-23-26-25-22(27-14-8-9-15-27)28(23)16-18-10-4-3-5-11-18/h3-15H,2,16-17H2,1H3,(H,24,29). The molecule has 0 unspecified atom stereocenters. The van der Waals surface area contributed by atoms with E-state index in [0.717, 1.165) is 5.56 Å². The predicted octanol–water partition coefficient (Wildman–Crippen LogP) is 4.25. The summed E-state index contributed by atoms with van der Waals surface area (Å²) in [6, 6.07) is 21.4. The van der Waals surface area contributed by atoms with Crippen molar-refractivity contribution in [2.75, 3.05) is 17.7 Å². The van der Waals surface area contributed by atoms with E-state index in [1.54, 1.807) is 0 Å². The first-order valence-electron chi connectivity index (χ1n) is 9.99. The molecule has 4 rings (SSSR count). The predicted molar refractivity (Wildman–Crippen MR) is 122 cm³/mol. The van der Waals surface area contributed by atoms with Gasteiger partial charge in [-0.3, -0.25) is 13.9 Å². The Labute approximate surface area is 185 Å². The molecule has 0 saturated carbocycles. The van der Waals surface area contributed by atoms with E-state index in [0.29, 0.717) is 35.7 Å². The van der Waals surface area contributed by atoms with Crippen molar-refractivity contribution >= 4 is 23.4 Å². The number of nitrogens with zero attached hydrogens (tertiary/aromatic N) is 4. The van der Waals surface area contributed by atoms with Gasteiger partial charge in [0.2, 0.25) is 11.9 Å². The van der Waals surface area contributed by atoms with Gasteiger partial charge < -0.3 is 10.1 Å². The molecule has 2 heterocycles. The highest BCUT2D eigenvalue weighted by atomic mass is 32.2. The summed E-state index contributed by atoms with van der Waals surface area (Å²) in [5, 5.41) is 12.3. The quantitative estimate of drug-likeness (QED) is 0.400. The highest BCUT2D eigenvalue weighted by molar-refractivity contribution is 7.99. The van der Waals surface area contributed by atoms with Gasteiger partial charge in [0, 0.05) is 12.4 Å². The number of anilines is 1. The van der Waals surface area contributed by atoms with E-state index in [1.807, 2.05) is 83.0 Å². The third-order valence-electron chi connectivity index (χ3n) is 4.51. The van der Waals surface area contributed by atoms with Gasteiger partial charge >= 0.3 is 0 Å². The van der Waals surface area contributed by atoms with E-state index in [4.69, 9.17) is 4.74 Å². The molecular weight excluding hydrogens is 410 g/mol. The van der Waals surface area contributed by atoms with E-state index in [1.165, 1.54) is 11.8 Å². The molecule has 0 atom stereocenters. The van der Waals surface area contributed by atoms with Gasteiger partial charge in [0.15, 0.2) is 5.16 Å². The summed E-state index contributed by atoms with van der Waals surface area (Å²) in [6.07, 6.45) is 3.86. The second-order valence-electron chi connectivity index (χ2n) is 6.71. The minimum absolute atomic E-state index is 0.131. The van der Waals surface area contributed by atoms with Gasteiger partial charge in [-0.15, -0.1) is 10.2 Å². The van der Waals surface area contributed by atoms with Crippen LogP contribution in [0.4, 0.5) is 5.69 Å². The number of ether oxygens (including phenoxy) is 1. The maximum Gasteiger partial charge on any atom is 0.236 e. The van der Waals surface area contributed by atoms with Gasteiger partial charge in [0.1, 0.15) is 5.75 Å². The number of benzene rings is 2. The number of thioether (sulfide) groups is 1. The fourth-order valence-corrected chi connectivity index (χ4v) is 3.85. The van der Waals surface area contributed by atoms with Gasteiger partial charge in [-0.25, -0.2) is 0 Å². The number of hydrogen-bond acceptors (Lipinski definition) is 5. The van der Waals surface area contributed by atoms with Crippen LogP contribution in [-0.2, 0) is 11.3 Å². The Balaban J connectivity index is 1.50. The molecule has 0 fully saturated rings. The van der Waals surface area contributed by atoms with E-state index >= 15 is 0 Å². The van der Waals surface area contributed by atoms with Crippen LogP contribution in [0.5, 0.6) is 5.75 Å². The average molecular weight is 434 g/mol. The molecule has 158 valence electrons. The van der Waals surface area contributed by atoms with Crippen molar-refractivity contribution in [2.45, 2.75) is 18.6 Å². The van der Waals surface area contributed by atoms with E-state index in [2.05, 4.69) is 27.6 Å². The first-order chi connectivity index (χ1) is 15.2. The molecule has 8 heteroatoms. The molecule has 0 saturated heterocycles. The highest BCUT2D eigenvalue weighted by Gasteiger charge is 2.16. The zero-order chi connectivity index (χ0) is 21.5. The molecule has 2 aromatic carbocycles. The van der Waals surface area contributed by atoms with Crippen molar-refractivity contribution < 1.29 is 9.53 Å². The summed E-state index contributed by atoms with van der Waals surface area (Å²) in [5.41, 5.74) is 1.79. The van der Waals surface area contributed by atoms with Crippen molar-refractivity contribution in [3.05, 3.63) is 84.7 Å². The lowest BCUT2D eigenvalue weighted by atomic mass is 10.2. The van der Waals surface area contributed by atoms with Gasteiger partial charge in [-0.2, -0.15) is 0 Å². The summed E-state index contributed by atoms with van der Waals surface area (Å²) in [7, 11) is 0. The largest absolute Gasteiger partial charge is 0.492 e. The van der Waals surface area contributed by atoms with Crippen LogP contribution in [0.25, 0.3) is 5.95 Å². The number of carbonyl (C=O) groups is 1. The number of carbonyl (C=O) groups excluding carboxylic acids is 1. The molecule has 0 aliphatic carbocycles. The molecule has 1 N–H and O–H groups in total. The van der Waals surface area contributed by atoms with Crippen LogP contribution in [0, 0.1) is 0 Å². The van der Waals surface area contributed by atoms with Crippen LogP contribution < -0.4 is 10.1 Å². The van der Waals surface area contributed by atoms with Crippen LogP contribution in [0.2, 0.25) is 0 Å². The minimum Gasteiger partial charge on any atom is -0.492 e. The lowest BCUT2D eigenvalue weighted by Gasteiger charge is -2.12. The Morgan fingerprint density at radius 1 is 1.00 bits per heavy atom. The van der Waals surface area contributed by atoms with Crippen molar-refractivity contribution in [3.63, 3.8) is 0 Å². The van der Waals surface area contributed by atoms with Crippen LogP contribution in [0.1, 0.15) is 12.5 Å². The SMILES string of the molecule is CCOc1ccccc1NC(=O)CSc1nnc(-n2cccc2)n1Cc1ccccc1. The number of nitrogens with one attached hydrogen (secondary N) is 1. The first kappa shape index (κ1) is 20.7. The molecule has 0 radical (unpaired) electrons. The Bertz CT molecular complexity index is 1130. The monoisotopic (exact) mass is 433 g/mol. The van der Waals surface area contributed by atoms with Crippen molar-refractivity contribution in [2.24, 2.45) is 0 Å². The van der Waals surface area contributed by atoms with E-state index < -0.39 is 0 Å². The Morgan fingerprint density at radius 2 is 1.74 bits per heavy atom. The zero-order valence-electron chi connectivity index (χ0n) is 17.1. The zero-order valence-corrected chi connectivity index (χ0v) is 18.0. The van der Waals surface area contributed by atoms with Crippen LogP contribution in [0.15, 0.2) is 84.3 Å². The number of hydrogen-bond donors (Lipinski definition) is 1. The molecule has 4 aromatic rings. The third-order valence-corrected chi connectivity index (χ3v) is 5.48. The molecule has 1 amide bonds. The maximum absolute atomic E-state index is 12.6. The number of rotatable bonds is 9. The minimum atomic E-state index is -0.131. The topological polar surface area (TPSA) is 74.0 Å². The molecule has 0 aliphatic rings. The first-order valence-corrected chi connectivity index (χ1v) is 11.0. The van der Waals surface area contributed by atoms with Crippen LogP contribution in [0.3, 0.4) is 0 Å². The Morgan fingerprint density at radius 3 is 2.52 bits per heavy atom. The summed E-state index contributed by atoms with van der Waals surface area (Å²) in [4.78, 5) is 12.6. The molecule has 0 spiro atoms. The fourth-order valence-electron chi connectivity index (χ4n) is 3.12. The summed E-state index contributed by atoms with van der Waals surface area (Å²) >= 11 is 1.35. The van der Waals surface area contributed by atoms with Gasteiger partial charge in [0.05, 0.1) is 24.6 Å². The molecule has 7 nitrogen and oxygen atoms in total. The maximum atomic E-state index is 12.6. The third kappa shape index (κ3) is 5.16. The number of para-hydroxylation sites is 2. The lowest BCUT2D eigenvalue weighted by Crippen LogP contribution is -2.16. The van der Waals surface area contributed by atoms with Crippen LogP contribution >= 0.6 is 11.8 Å². The van der Waals surface area contributed by atoms with Gasteiger partial charge in [-0.05, 0) is 36.8 Å². The summed E-state index contributed by atoms with van der Waals surface area (Å²) in [5.74, 6) is 1.44. The summed E-state index contributed by atoms with van der Waals surface area (Å²) < 4.78 is 9.51. The normalized spacial score (nSPS) is 10.7. The Hall–Kier alpha value is -3.52. The van der Waals surface area contributed by atoms with Crippen molar-refractivity contribution in [1.82, 2.24) is 19.3 Å². The van der Waals surface area contributed by atoms with Crippen molar-refractivity contribution in [3.8, 4) is 11.7 Å². The molecule has 2 aromatic heterocycles. The Kier molecular flexibility index (Phi) is 6.68. The van der Waals surface area contributed by atoms with Gasteiger partial charge in [-0.1, -0.05) is 54.2 Å². The van der Waals surface area contributed by atoms with Crippen molar-refractivity contribution in [1.29, 1.82) is 0 Å². The van der Waals surface area contributed by atoms with E-state index in [9.17, 15) is 4.79 Å². The molecular formula is C23H23N5O2S.